The third-order valence-electron chi connectivity index (χ3n) is 2.49. The Kier molecular flexibility index (Phi) is 2.31. The van der Waals surface area contributed by atoms with E-state index >= 15 is 0 Å². The quantitative estimate of drug-likeness (QED) is 0.684. The summed E-state index contributed by atoms with van der Waals surface area (Å²) in [6.45, 7) is 7.54. The molecular weight excluding hydrogens is 208 g/mol. The summed E-state index contributed by atoms with van der Waals surface area (Å²) in [4.78, 5) is 21.5. The van der Waals surface area contributed by atoms with Crippen molar-refractivity contribution in [3.05, 3.63) is 32.2 Å². The molecule has 0 radical (unpaired) electrons. The molecule has 0 unspecified atom stereocenters. The molecule has 78 valence electrons. The van der Waals surface area contributed by atoms with Crippen LogP contribution in [-0.2, 0) is 0 Å². The highest BCUT2D eigenvalue weighted by Crippen LogP contribution is 2.21. The zero-order valence-corrected chi connectivity index (χ0v) is 10.0. The van der Waals surface area contributed by atoms with Crippen LogP contribution in [0.1, 0.15) is 22.0 Å². The standard InChI is InChI=1S/C11H12N2OS/c1-5-7(3)15-11-6(2)12-8(4)13-9(11)10(5)14/h1-4H3. The molecule has 2 aromatic heterocycles. The number of aryl methyl sites for hydroxylation is 3. The van der Waals surface area contributed by atoms with Crippen LogP contribution in [0.2, 0.25) is 0 Å². The predicted molar refractivity (Wildman–Crippen MR) is 62.6 cm³/mol. The summed E-state index contributed by atoms with van der Waals surface area (Å²) in [6, 6.07) is 0. The number of rotatable bonds is 0. The van der Waals surface area contributed by atoms with Gasteiger partial charge in [-0.2, -0.15) is 0 Å². The van der Waals surface area contributed by atoms with Crippen molar-refractivity contribution < 1.29 is 0 Å². The van der Waals surface area contributed by atoms with E-state index in [9.17, 15) is 4.79 Å². The van der Waals surface area contributed by atoms with Crippen LogP contribution in [0, 0.1) is 27.7 Å². The Morgan fingerprint density at radius 1 is 1.07 bits per heavy atom. The molecule has 3 nitrogen and oxygen atoms in total. The molecule has 0 amide bonds. The third-order valence-corrected chi connectivity index (χ3v) is 3.79. The minimum Gasteiger partial charge on any atom is -0.287 e. The normalized spacial score (nSPS) is 10.9. The summed E-state index contributed by atoms with van der Waals surface area (Å²) in [5, 5.41) is 0. The van der Waals surface area contributed by atoms with E-state index in [-0.39, 0.29) is 5.43 Å². The van der Waals surface area contributed by atoms with Crippen LogP contribution in [0.3, 0.4) is 0 Å². The molecule has 0 fully saturated rings. The molecule has 0 saturated carbocycles. The van der Waals surface area contributed by atoms with Crippen LogP contribution in [0.25, 0.3) is 10.2 Å². The number of hydrogen-bond donors (Lipinski definition) is 0. The summed E-state index contributed by atoms with van der Waals surface area (Å²) in [7, 11) is 0. The Morgan fingerprint density at radius 3 is 2.40 bits per heavy atom. The topological polar surface area (TPSA) is 42.9 Å². The molecule has 2 aromatic rings. The van der Waals surface area contributed by atoms with Crippen LogP contribution >= 0.6 is 11.3 Å². The van der Waals surface area contributed by atoms with Gasteiger partial charge < -0.3 is 0 Å². The molecule has 0 aromatic carbocycles. The molecule has 0 spiro atoms. The SMILES string of the molecule is Cc1nc(C)c2sc(C)c(C)c(=O)c2n1. The first-order chi connectivity index (χ1) is 7.00. The van der Waals surface area contributed by atoms with Crippen molar-refractivity contribution in [2.75, 3.05) is 0 Å². The largest absolute Gasteiger partial charge is 0.287 e. The molecular formula is C11H12N2OS. The highest BCUT2D eigenvalue weighted by atomic mass is 32.1. The average molecular weight is 220 g/mol. The predicted octanol–water partition coefficient (Wildman–Crippen LogP) is 2.29. The third kappa shape index (κ3) is 1.55. The molecule has 0 aliphatic heterocycles. The molecule has 15 heavy (non-hydrogen) atoms. The Hall–Kier alpha value is -1.29. The van der Waals surface area contributed by atoms with Gasteiger partial charge in [0.2, 0.25) is 5.43 Å². The summed E-state index contributed by atoms with van der Waals surface area (Å²) in [5.74, 6) is 0.660. The molecule has 0 bridgehead atoms. The van der Waals surface area contributed by atoms with Crippen molar-refractivity contribution in [1.29, 1.82) is 0 Å². The second kappa shape index (κ2) is 3.38. The Labute approximate surface area is 91.8 Å². The number of hydrogen-bond acceptors (Lipinski definition) is 4. The lowest BCUT2D eigenvalue weighted by Crippen LogP contribution is -2.10. The Balaban J connectivity index is 3.06. The van der Waals surface area contributed by atoms with Crippen LogP contribution in [0.15, 0.2) is 4.79 Å². The minimum absolute atomic E-state index is 0.0369. The van der Waals surface area contributed by atoms with E-state index < -0.39 is 0 Å². The summed E-state index contributed by atoms with van der Waals surface area (Å²) in [5.41, 5.74) is 2.29. The van der Waals surface area contributed by atoms with Gasteiger partial charge in [-0.3, -0.25) is 4.79 Å². The van der Waals surface area contributed by atoms with Gasteiger partial charge in [0.15, 0.2) is 0 Å². The van der Waals surface area contributed by atoms with Gasteiger partial charge in [-0.25, -0.2) is 9.97 Å². The van der Waals surface area contributed by atoms with Crippen LogP contribution in [0.5, 0.6) is 0 Å². The first-order valence-corrected chi connectivity index (χ1v) is 5.57. The number of nitrogens with zero attached hydrogens (tertiary/aromatic N) is 2. The summed E-state index contributed by atoms with van der Waals surface area (Å²) in [6.07, 6.45) is 0. The van der Waals surface area contributed by atoms with Crippen LogP contribution < -0.4 is 5.43 Å². The highest BCUT2D eigenvalue weighted by Gasteiger charge is 2.10. The van der Waals surface area contributed by atoms with Gasteiger partial charge in [0, 0.05) is 10.4 Å². The molecule has 0 N–H and O–H groups in total. The first-order valence-electron chi connectivity index (χ1n) is 4.76. The van der Waals surface area contributed by atoms with E-state index in [1.807, 2.05) is 27.7 Å². The lowest BCUT2D eigenvalue weighted by molar-refractivity contribution is 1.05. The molecule has 2 heterocycles. The summed E-state index contributed by atoms with van der Waals surface area (Å²) < 4.78 is 0.911. The maximum absolute atomic E-state index is 12.0. The van der Waals surface area contributed by atoms with Crippen molar-refractivity contribution in [3.8, 4) is 0 Å². The minimum atomic E-state index is 0.0369. The fourth-order valence-corrected chi connectivity index (χ4v) is 2.53. The van der Waals surface area contributed by atoms with Crippen LogP contribution in [-0.4, -0.2) is 9.97 Å². The summed E-state index contributed by atoms with van der Waals surface area (Å²) >= 11 is 1.59. The van der Waals surface area contributed by atoms with E-state index in [0.717, 1.165) is 20.8 Å². The van der Waals surface area contributed by atoms with Crippen LogP contribution in [0.4, 0.5) is 0 Å². The van der Waals surface area contributed by atoms with Gasteiger partial charge in [0.25, 0.3) is 0 Å². The molecule has 0 atom stereocenters. The van der Waals surface area contributed by atoms with Gasteiger partial charge in [-0.05, 0) is 27.7 Å². The van der Waals surface area contributed by atoms with Gasteiger partial charge in [-0.15, -0.1) is 11.3 Å². The first kappa shape index (κ1) is 10.2. The number of aromatic nitrogens is 2. The Morgan fingerprint density at radius 2 is 1.73 bits per heavy atom. The van der Waals surface area contributed by atoms with Crippen molar-refractivity contribution in [2.45, 2.75) is 27.7 Å². The molecule has 0 saturated heterocycles. The lowest BCUT2D eigenvalue weighted by Gasteiger charge is -2.04. The van der Waals surface area contributed by atoms with Gasteiger partial charge in [-0.1, -0.05) is 0 Å². The molecule has 2 rings (SSSR count). The fraction of sp³-hybridized carbons (Fsp3) is 0.364. The maximum Gasteiger partial charge on any atom is 0.209 e. The monoisotopic (exact) mass is 220 g/mol. The van der Waals surface area contributed by atoms with E-state index in [4.69, 9.17) is 0 Å². The zero-order valence-electron chi connectivity index (χ0n) is 9.21. The molecule has 0 aliphatic rings. The van der Waals surface area contributed by atoms with E-state index in [2.05, 4.69) is 9.97 Å². The van der Waals surface area contributed by atoms with Gasteiger partial charge >= 0.3 is 0 Å². The molecule has 4 heteroatoms. The second-order valence-electron chi connectivity index (χ2n) is 3.65. The maximum atomic E-state index is 12.0. The van der Waals surface area contributed by atoms with Crippen molar-refractivity contribution >= 4 is 21.6 Å². The molecule has 0 aliphatic carbocycles. The Bertz CT molecular complexity index is 602. The highest BCUT2D eigenvalue weighted by molar-refractivity contribution is 7.18. The van der Waals surface area contributed by atoms with Gasteiger partial charge in [0.05, 0.1) is 10.4 Å². The van der Waals surface area contributed by atoms with Crippen molar-refractivity contribution in [2.24, 2.45) is 0 Å². The van der Waals surface area contributed by atoms with Crippen molar-refractivity contribution in [1.82, 2.24) is 9.97 Å². The smallest absolute Gasteiger partial charge is 0.209 e. The van der Waals surface area contributed by atoms with E-state index in [0.29, 0.717) is 11.3 Å². The van der Waals surface area contributed by atoms with E-state index in [1.165, 1.54) is 0 Å². The lowest BCUT2D eigenvalue weighted by atomic mass is 10.2. The average Bonchev–Trinajstić information content (AvgIpc) is 2.17. The zero-order chi connectivity index (χ0) is 11.2. The van der Waals surface area contributed by atoms with Gasteiger partial charge in [0.1, 0.15) is 11.3 Å². The number of fused-ring (bicyclic) bond motifs is 1. The fourth-order valence-electron chi connectivity index (χ4n) is 1.55. The van der Waals surface area contributed by atoms with Crippen molar-refractivity contribution in [3.63, 3.8) is 0 Å². The van der Waals surface area contributed by atoms with E-state index in [1.54, 1.807) is 11.3 Å². The second-order valence-corrected chi connectivity index (χ2v) is 4.87.